The molecule has 0 fully saturated rings. The summed E-state index contributed by atoms with van der Waals surface area (Å²) in [6.45, 7) is 10.7. The molecule has 0 saturated carbocycles. The van der Waals surface area contributed by atoms with Crippen molar-refractivity contribution < 1.29 is 4.79 Å². The van der Waals surface area contributed by atoms with Gasteiger partial charge in [0.1, 0.15) is 0 Å². The van der Waals surface area contributed by atoms with Crippen molar-refractivity contribution in [1.29, 1.82) is 5.26 Å². The highest BCUT2D eigenvalue weighted by Gasteiger charge is 2.33. The third kappa shape index (κ3) is 1.51. The number of thiophene rings is 1. The van der Waals surface area contributed by atoms with Crippen LogP contribution < -0.4 is 0 Å². The molecule has 0 spiro atoms. The summed E-state index contributed by atoms with van der Waals surface area (Å²) < 4.78 is 0. The molecule has 0 unspecified atom stereocenters. The summed E-state index contributed by atoms with van der Waals surface area (Å²) in [6, 6.07) is 3.62. The van der Waals surface area contributed by atoms with Crippen molar-refractivity contribution in [1.82, 2.24) is 0 Å². The summed E-state index contributed by atoms with van der Waals surface area (Å²) in [5, 5.41) is 10.8. The molecule has 0 bridgehead atoms. The molecule has 2 rings (SSSR count). The van der Waals surface area contributed by atoms with E-state index in [0.717, 1.165) is 10.5 Å². The van der Waals surface area contributed by atoms with Crippen LogP contribution in [0, 0.1) is 17.9 Å². The van der Waals surface area contributed by atoms with Gasteiger partial charge in [-0.2, -0.15) is 0 Å². The van der Waals surface area contributed by atoms with E-state index in [1.807, 2.05) is 25.3 Å². The van der Waals surface area contributed by atoms with Crippen LogP contribution in [0.25, 0.3) is 10.4 Å². The van der Waals surface area contributed by atoms with Crippen LogP contribution in [0.4, 0.5) is 0 Å². The minimum Gasteiger partial charge on any atom is -0.289 e. The molecule has 0 N–H and O–H groups in total. The van der Waals surface area contributed by atoms with E-state index >= 15 is 0 Å². The number of hydrogen-bond donors (Lipinski definition) is 0. The zero-order valence-corrected chi connectivity index (χ0v) is 10.2. The number of nitriles is 1. The second kappa shape index (κ2) is 4.01. The van der Waals surface area contributed by atoms with Gasteiger partial charge in [0, 0.05) is 21.6 Å². The third-order valence-electron chi connectivity index (χ3n) is 2.57. The number of fused-ring (bicyclic) bond motifs is 1. The maximum Gasteiger partial charge on any atom is 0.271 e. The standard InChI is InChI=1S/C13H8N2OS/c1-7(2)10-11(9(6-14)15-3)13-8(12(10)16)4-5-17-13/h4-5H,1-2H3/b11-9+. The number of rotatable bonds is 0. The lowest BCUT2D eigenvalue weighted by Gasteiger charge is -2.03. The Bertz CT molecular complexity index is 642. The Hall–Kier alpha value is -2.17. The molecule has 3 nitrogen and oxygen atoms in total. The molecule has 0 aromatic carbocycles. The normalized spacial score (nSPS) is 16.2. The van der Waals surface area contributed by atoms with Gasteiger partial charge in [0.25, 0.3) is 5.70 Å². The number of nitrogens with zero attached hydrogens (tertiary/aromatic N) is 2. The Morgan fingerprint density at radius 2 is 2.18 bits per heavy atom. The molecule has 0 amide bonds. The van der Waals surface area contributed by atoms with Crippen molar-refractivity contribution in [2.75, 3.05) is 0 Å². The van der Waals surface area contributed by atoms with E-state index in [9.17, 15) is 4.79 Å². The minimum atomic E-state index is -0.0762. The first kappa shape index (κ1) is 11.3. The fourth-order valence-corrected chi connectivity index (χ4v) is 2.83. The summed E-state index contributed by atoms with van der Waals surface area (Å²) >= 11 is 1.40. The van der Waals surface area contributed by atoms with E-state index < -0.39 is 0 Å². The average molecular weight is 240 g/mol. The van der Waals surface area contributed by atoms with Crippen LogP contribution >= 0.6 is 11.3 Å². The number of carbonyl (C=O) groups excluding carboxylic acids is 1. The van der Waals surface area contributed by atoms with Crippen LogP contribution in [0.1, 0.15) is 29.1 Å². The largest absolute Gasteiger partial charge is 0.289 e. The first-order valence-corrected chi connectivity index (χ1v) is 5.82. The first-order valence-electron chi connectivity index (χ1n) is 4.94. The van der Waals surface area contributed by atoms with Crippen molar-refractivity contribution in [3.63, 3.8) is 0 Å². The second-order valence-electron chi connectivity index (χ2n) is 3.81. The highest BCUT2D eigenvalue weighted by atomic mass is 32.1. The van der Waals surface area contributed by atoms with Crippen LogP contribution in [0.15, 0.2) is 28.3 Å². The van der Waals surface area contributed by atoms with E-state index in [4.69, 9.17) is 11.8 Å². The average Bonchev–Trinajstić information content (AvgIpc) is 2.84. The van der Waals surface area contributed by atoms with E-state index in [1.54, 1.807) is 6.07 Å². The highest BCUT2D eigenvalue weighted by Crippen LogP contribution is 2.43. The molecule has 0 atom stereocenters. The Labute approximate surface area is 103 Å². The zero-order valence-electron chi connectivity index (χ0n) is 9.37. The van der Waals surface area contributed by atoms with Crippen LogP contribution in [0.5, 0.6) is 0 Å². The SMILES string of the molecule is [C-]#[N+]/C(C#N)=C1\C(=C(C)C)C(=O)c2ccsc21. The monoisotopic (exact) mass is 240 g/mol. The summed E-state index contributed by atoms with van der Waals surface area (Å²) in [7, 11) is 0. The molecule has 1 aliphatic carbocycles. The Morgan fingerprint density at radius 1 is 1.47 bits per heavy atom. The lowest BCUT2D eigenvalue weighted by atomic mass is 10.0. The topological polar surface area (TPSA) is 45.2 Å². The molecule has 0 radical (unpaired) electrons. The number of allylic oxidation sites excluding steroid dienone is 4. The molecular weight excluding hydrogens is 232 g/mol. The molecule has 17 heavy (non-hydrogen) atoms. The fourth-order valence-electron chi connectivity index (χ4n) is 1.88. The molecule has 1 aromatic heterocycles. The fraction of sp³-hybridized carbons (Fsp3) is 0.154. The van der Waals surface area contributed by atoms with Crippen molar-refractivity contribution in [3.8, 4) is 6.07 Å². The number of ketones is 1. The third-order valence-corrected chi connectivity index (χ3v) is 3.50. The van der Waals surface area contributed by atoms with Crippen LogP contribution in [0.3, 0.4) is 0 Å². The molecule has 82 valence electrons. The van der Waals surface area contributed by atoms with E-state index in [2.05, 4.69) is 4.85 Å². The Morgan fingerprint density at radius 3 is 2.71 bits per heavy atom. The number of Topliss-reactive ketones (excluding diaryl/α,β-unsaturated/α-hetero) is 1. The minimum absolute atomic E-state index is 0.00394. The molecule has 4 heteroatoms. The van der Waals surface area contributed by atoms with Gasteiger partial charge < -0.3 is 0 Å². The molecular formula is C13H8N2OS. The number of carbonyl (C=O) groups is 1. The van der Waals surface area contributed by atoms with E-state index in [-0.39, 0.29) is 11.5 Å². The van der Waals surface area contributed by atoms with Crippen LogP contribution in [-0.2, 0) is 0 Å². The van der Waals surface area contributed by atoms with Crippen molar-refractivity contribution in [3.05, 3.63) is 50.1 Å². The quantitative estimate of drug-likeness (QED) is 0.396. The van der Waals surface area contributed by atoms with Gasteiger partial charge in [0.15, 0.2) is 5.78 Å². The second-order valence-corrected chi connectivity index (χ2v) is 4.73. The molecule has 0 saturated heterocycles. The van der Waals surface area contributed by atoms with Crippen LogP contribution in [-0.4, -0.2) is 5.78 Å². The van der Waals surface area contributed by atoms with E-state index in [1.165, 1.54) is 11.3 Å². The van der Waals surface area contributed by atoms with Gasteiger partial charge in [-0.25, -0.2) is 10.1 Å². The van der Waals surface area contributed by atoms with Crippen molar-refractivity contribution in [2.45, 2.75) is 13.8 Å². The summed E-state index contributed by atoms with van der Waals surface area (Å²) in [6.07, 6.45) is 0. The highest BCUT2D eigenvalue weighted by molar-refractivity contribution is 7.12. The van der Waals surface area contributed by atoms with Gasteiger partial charge in [-0.3, -0.25) is 4.79 Å². The molecule has 1 aliphatic rings. The van der Waals surface area contributed by atoms with Crippen molar-refractivity contribution in [2.24, 2.45) is 0 Å². The predicted molar refractivity (Wildman–Crippen MR) is 66.2 cm³/mol. The predicted octanol–water partition coefficient (Wildman–Crippen LogP) is 3.43. The maximum absolute atomic E-state index is 12.1. The smallest absolute Gasteiger partial charge is 0.271 e. The molecule has 1 heterocycles. The first-order chi connectivity index (χ1) is 8.11. The van der Waals surface area contributed by atoms with E-state index in [0.29, 0.717) is 16.7 Å². The molecule has 0 aliphatic heterocycles. The molecule has 1 aromatic rings. The Balaban J connectivity index is 2.88. The summed E-state index contributed by atoms with van der Waals surface area (Å²) in [4.78, 5) is 16.1. The number of hydrogen-bond acceptors (Lipinski definition) is 3. The lowest BCUT2D eigenvalue weighted by Crippen LogP contribution is -1.97. The van der Waals surface area contributed by atoms with Gasteiger partial charge in [0.05, 0.1) is 12.6 Å². The van der Waals surface area contributed by atoms with Crippen LogP contribution in [0.2, 0.25) is 0 Å². The van der Waals surface area contributed by atoms with Gasteiger partial charge in [-0.15, -0.1) is 11.3 Å². The zero-order chi connectivity index (χ0) is 12.6. The van der Waals surface area contributed by atoms with Gasteiger partial charge in [-0.05, 0) is 25.3 Å². The van der Waals surface area contributed by atoms with Crippen molar-refractivity contribution >= 4 is 22.7 Å². The van der Waals surface area contributed by atoms with Gasteiger partial charge in [0.2, 0.25) is 0 Å². The Kier molecular flexibility index (Phi) is 2.67. The summed E-state index contributed by atoms with van der Waals surface area (Å²) in [5.41, 5.74) is 2.47. The van der Waals surface area contributed by atoms with Gasteiger partial charge >= 0.3 is 0 Å². The van der Waals surface area contributed by atoms with Gasteiger partial charge in [-0.1, -0.05) is 5.57 Å². The lowest BCUT2D eigenvalue weighted by molar-refractivity contribution is 0.104. The summed E-state index contributed by atoms with van der Waals surface area (Å²) in [5.74, 6) is -0.0762. The maximum atomic E-state index is 12.1.